The average molecular weight is 262 g/mol. The fourth-order valence-corrected chi connectivity index (χ4v) is 2.46. The average Bonchev–Trinajstić information content (AvgIpc) is 2.79. The number of rotatable bonds is 5. The van der Waals surface area contributed by atoms with Crippen molar-refractivity contribution in [1.29, 1.82) is 0 Å². The number of ether oxygens (including phenoxy) is 1. The Hall–Kier alpha value is -1.55. The molecule has 0 radical (unpaired) electrons. The maximum atomic E-state index is 11.4. The molecule has 19 heavy (non-hydrogen) atoms. The quantitative estimate of drug-likeness (QED) is 0.858. The highest BCUT2D eigenvalue weighted by Gasteiger charge is 2.22. The second-order valence-electron chi connectivity index (χ2n) is 4.83. The first-order valence-corrected chi connectivity index (χ1v) is 7.06. The molecule has 1 aliphatic rings. The summed E-state index contributed by atoms with van der Waals surface area (Å²) in [5, 5.41) is 6.17. The number of hydrogen-bond acceptors (Lipinski definition) is 3. The van der Waals surface area contributed by atoms with Gasteiger partial charge in [0.05, 0.1) is 0 Å². The molecule has 0 aliphatic heterocycles. The summed E-state index contributed by atoms with van der Waals surface area (Å²) in [7, 11) is 0. The van der Waals surface area contributed by atoms with Crippen molar-refractivity contribution in [2.75, 3.05) is 13.1 Å². The van der Waals surface area contributed by atoms with E-state index in [1.165, 1.54) is 11.1 Å². The maximum Gasteiger partial charge on any atom is 0.412 e. The first kappa shape index (κ1) is 13.9. The summed E-state index contributed by atoms with van der Waals surface area (Å²) in [6.45, 7) is 5.63. The second kappa shape index (κ2) is 6.57. The van der Waals surface area contributed by atoms with Gasteiger partial charge < -0.3 is 15.4 Å². The Kier molecular flexibility index (Phi) is 4.80. The Labute approximate surface area is 114 Å². The predicted octanol–water partition coefficient (Wildman–Crippen LogP) is 2.78. The van der Waals surface area contributed by atoms with E-state index in [9.17, 15) is 4.79 Å². The number of carbonyl (C=O) groups excluding carboxylic acids is 1. The van der Waals surface area contributed by atoms with Gasteiger partial charge in [0.2, 0.25) is 0 Å². The number of fused-ring (bicyclic) bond motifs is 1. The Morgan fingerprint density at radius 1 is 1.42 bits per heavy atom. The largest absolute Gasteiger partial charge is 0.412 e. The lowest BCUT2D eigenvalue weighted by Gasteiger charge is -2.14. The Bertz CT molecular complexity index is 446. The first-order valence-electron chi connectivity index (χ1n) is 7.06. The molecule has 1 aromatic carbocycles. The molecular weight excluding hydrogens is 240 g/mol. The van der Waals surface area contributed by atoms with Crippen LogP contribution in [0, 0.1) is 0 Å². The summed E-state index contributed by atoms with van der Waals surface area (Å²) in [6.07, 6.45) is 2.96. The number of benzene rings is 1. The second-order valence-corrected chi connectivity index (χ2v) is 4.83. The van der Waals surface area contributed by atoms with Gasteiger partial charge in [-0.25, -0.2) is 4.79 Å². The molecule has 104 valence electrons. The number of hydrogen-bond donors (Lipinski definition) is 2. The van der Waals surface area contributed by atoms with Crippen molar-refractivity contribution in [1.82, 2.24) is 10.6 Å². The van der Waals surface area contributed by atoms with Crippen LogP contribution >= 0.6 is 0 Å². The number of carbonyl (C=O) groups is 1. The third-order valence-corrected chi connectivity index (χ3v) is 3.37. The van der Waals surface area contributed by atoms with E-state index < -0.39 is 6.09 Å². The minimum atomic E-state index is -0.390. The monoisotopic (exact) mass is 262 g/mol. The van der Waals surface area contributed by atoms with Crippen LogP contribution < -0.4 is 15.4 Å². The van der Waals surface area contributed by atoms with Crippen LogP contribution in [0.3, 0.4) is 0 Å². The smallest absolute Gasteiger partial charge is 0.410 e. The Morgan fingerprint density at radius 2 is 2.26 bits per heavy atom. The van der Waals surface area contributed by atoms with Gasteiger partial charge in [-0.1, -0.05) is 13.0 Å². The SMILES string of the molecule is CCCNC1CCc2ccc(OC(=O)NCC)cc21. The van der Waals surface area contributed by atoms with E-state index in [1.807, 2.05) is 19.1 Å². The highest BCUT2D eigenvalue weighted by molar-refractivity contribution is 5.70. The van der Waals surface area contributed by atoms with Crippen LogP contribution in [-0.2, 0) is 6.42 Å². The van der Waals surface area contributed by atoms with Crippen molar-refractivity contribution in [3.8, 4) is 5.75 Å². The van der Waals surface area contributed by atoms with E-state index in [0.717, 1.165) is 25.8 Å². The summed E-state index contributed by atoms with van der Waals surface area (Å²) < 4.78 is 5.26. The van der Waals surface area contributed by atoms with E-state index in [-0.39, 0.29) is 0 Å². The standard InChI is InChI=1S/C15H22N2O2/c1-3-9-17-14-8-6-11-5-7-12(10-13(11)14)19-15(18)16-4-2/h5,7,10,14,17H,3-4,6,8-9H2,1-2H3,(H,16,18). The zero-order chi connectivity index (χ0) is 13.7. The lowest BCUT2D eigenvalue weighted by molar-refractivity contribution is 0.201. The molecule has 0 saturated heterocycles. The molecule has 0 aromatic heterocycles. The van der Waals surface area contributed by atoms with Gasteiger partial charge in [0.1, 0.15) is 5.75 Å². The summed E-state index contributed by atoms with van der Waals surface area (Å²) in [4.78, 5) is 11.4. The molecule has 0 spiro atoms. The van der Waals surface area contributed by atoms with Gasteiger partial charge in [-0.15, -0.1) is 0 Å². The van der Waals surface area contributed by atoms with E-state index in [1.54, 1.807) is 0 Å². The van der Waals surface area contributed by atoms with Gasteiger partial charge in [-0.2, -0.15) is 0 Å². The molecule has 4 heteroatoms. The van der Waals surface area contributed by atoms with Crippen molar-refractivity contribution in [2.24, 2.45) is 0 Å². The number of aryl methyl sites for hydroxylation is 1. The van der Waals surface area contributed by atoms with E-state index in [4.69, 9.17) is 4.74 Å². The van der Waals surface area contributed by atoms with E-state index in [2.05, 4.69) is 23.6 Å². The van der Waals surface area contributed by atoms with Gasteiger partial charge in [0, 0.05) is 12.6 Å². The molecule has 0 fully saturated rings. The molecule has 1 aliphatic carbocycles. The molecule has 1 amide bonds. The predicted molar refractivity (Wildman–Crippen MR) is 75.5 cm³/mol. The summed E-state index contributed by atoms with van der Waals surface area (Å²) in [5.41, 5.74) is 2.63. The third kappa shape index (κ3) is 3.47. The van der Waals surface area contributed by atoms with Crippen molar-refractivity contribution < 1.29 is 9.53 Å². The zero-order valence-corrected chi connectivity index (χ0v) is 11.7. The van der Waals surface area contributed by atoms with Gasteiger partial charge in [-0.3, -0.25) is 0 Å². The van der Waals surface area contributed by atoms with Gasteiger partial charge in [0.25, 0.3) is 0 Å². The van der Waals surface area contributed by atoms with Crippen molar-refractivity contribution in [3.63, 3.8) is 0 Å². The van der Waals surface area contributed by atoms with Gasteiger partial charge >= 0.3 is 6.09 Å². The summed E-state index contributed by atoms with van der Waals surface area (Å²) >= 11 is 0. The minimum Gasteiger partial charge on any atom is -0.410 e. The zero-order valence-electron chi connectivity index (χ0n) is 11.7. The van der Waals surface area contributed by atoms with Crippen LogP contribution in [0.4, 0.5) is 4.79 Å². The molecular formula is C15H22N2O2. The van der Waals surface area contributed by atoms with Crippen LogP contribution in [-0.4, -0.2) is 19.2 Å². The lowest BCUT2D eigenvalue weighted by atomic mass is 10.1. The fourth-order valence-electron chi connectivity index (χ4n) is 2.46. The topological polar surface area (TPSA) is 50.4 Å². The Balaban J connectivity index is 2.07. The number of amides is 1. The molecule has 2 N–H and O–H groups in total. The molecule has 0 heterocycles. The first-order chi connectivity index (χ1) is 9.24. The maximum absolute atomic E-state index is 11.4. The molecule has 1 atom stereocenters. The van der Waals surface area contributed by atoms with Crippen LogP contribution in [0.1, 0.15) is 43.9 Å². The molecule has 2 rings (SSSR count). The van der Waals surface area contributed by atoms with Crippen molar-refractivity contribution in [2.45, 2.75) is 39.2 Å². The minimum absolute atomic E-state index is 0.390. The van der Waals surface area contributed by atoms with Gasteiger partial charge in [0.15, 0.2) is 0 Å². The summed E-state index contributed by atoms with van der Waals surface area (Å²) in [5.74, 6) is 0.620. The Morgan fingerprint density at radius 3 is 3.00 bits per heavy atom. The van der Waals surface area contributed by atoms with Crippen molar-refractivity contribution >= 4 is 6.09 Å². The fraction of sp³-hybridized carbons (Fsp3) is 0.533. The van der Waals surface area contributed by atoms with Crippen molar-refractivity contribution in [3.05, 3.63) is 29.3 Å². The van der Waals surface area contributed by atoms with Crippen LogP contribution in [0.25, 0.3) is 0 Å². The van der Waals surface area contributed by atoms with Crippen LogP contribution in [0.15, 0.2) is 18.2 Å². The molecule has 1 aromatic rings. The lowest BCUT2D eigenvalue weighted by Crippen LogP contribution is -2.26. The highest BCUT2D eigenvalue weighted by atomic mass is 16.5. The molecule has 0 bridgehead atoms. The third-order valence-electron chi connectivity index (χ3n) is 3.37. The van der Waals surface area contributed by atoms with E-state index in [0.29, 0.717) is 18.3 Å². The van der Waals surface area contributed by atoms with E-state index >= 15 is 0 Å². The normalized spacial score (nSPS) is 17.1. The molecule has 0 saturated carbocycles. The molecule has 4 nitrogen and oxygen atoms in total. The molecule has 1 unspecified atom stereocenters. The number of nitrogens with one attached hydrogen (secondary N) is 2. The van der Waals surface area contributed by atoms with Crippen LogP contribution in [0.5, 0.6) is 5.75 Å². The van der Waals surface area contributed by atoms with Gasteiger partial charge in [-0.05, 0) is 56.0 Å². The highest BCUT2D eigenvalue weighted by Crippen LogP contribution is 2.33. The summed E-state index contributed by atoms with van der Waals surface area (Å²) in [6, 6.07) is 6.33. The van der Waals surface area contributed by atoms with Crippen LogP contribution in [0.2, 0.25) is 0 Å².